The number of nitrogens with two attached hydrogens (primary N) is 1. The number of piperidine rings is 1. The number of rotatable bonds is 3. The average Bonchev–Trinajstić information content (AvgIpc) is 3.29. The lowest BCUT2D eigenvalue weighted by Crippen LogP contribution is -2.46. The third-order valence-electron chi connectivity index (χ3n) is 4.65. The van der Waals surface area contributed by atoms with Gasteiger partial charge >= 0.3 is 0 Å². The van der Waals surface area contributed by atoms with E-state index >= 15 is 0 Å². The van der Waals surface area contributed by atoms with Gasteiger partial charge in [0.05, 0.1) is 6.04 Å². The number of hydrogen-bond acceptors (Lipinski definition) is 2. The number of carbonyl (C=O) groups excluding carboxylic acids is 2. The lowest BCUT2D eigenvalue weighted by Gasteiger charge is -2.38. The number of halogens is 1. The Morgan fingerprint density at radius 3 is 2.43 bits per heavy atom. The highest BCUT2D eigenvalue weighted by Gasteiger charge is 2.57. The maximum Gasteiger partial charge on any atom is 0.238 e. The zero-order valence-electron chi connectivity index (χ0n) is 11.8. The quantitative estimate of drug-likeness (QED) is 0.867. The number of primary amides is 1. The fourth-order valence-electron chi connectivity index (χ4n) is 3.17. The monoisotopic (exact) mass is 290 g/mol. The maximum atomic E-state index is 13.1. The molecule has 1 aliphatic carbocycles. The standard InChI is InChI=1S/C16H19FN2O2/c17-12-6-4-11(5-7-12)13-3-1-2-10-19(13)15(21)16(8-9-16)14(18)20/h4-7,13H,1-3,8-10H2,(H2,18,20)/t13-/m0/s1. The Kier molecular flexibility index (Phi) is 3.43. The largest absolute Gasteiger partial charge is 0.369 e. The number of nitrogens with zero attached hydrogens (tertiary/aromatic N) is 1. The summed E-state index contributed by atoms with van der Waals surface area (Å²) in [6.45, 7) is 0.635. The SMILES string of the molecule is NC(=O)C1(C(=O)N2CCCC[C@H]2c2ccc(F)cc2)CC1. The van der Waals surface area contributed by atoms with Gasteiger partial charge in [-0.1, -0.05) is 12.1 Å². The van der Waals surface area contributed by atoms with Gasteiger partial charge in [0.1, 0.15) is 11.2 Å². The summed E-state index contributed by atoms with van der Waals surface area (Å²) in [5.74, 6) is -0.955. The Labute approximate surface area is 123 Å². The smallest absolute Gasteiger partial charge is 0.238 e. The molecular formula is C16H19FN2O2. The summed E-state index contributed by atoms with van der Waals surface area (Å²) in [5.41, 5.74) is 5.35. The molecule has 1 heterocycles. The molecule has 1 aliphatic heterocycles. The van der Waals surface area contributed by atoms with E-state index in [1.54, 1.807) is 17.0 Å². The van der Waals surface area contributed by atoms with E-state index in [9.17, 15) is 14.0 Å². The van der Waals surface area contributed by atoms with Crippen LogP contribution in [0.4, 0.5) is 4.39 Å². The van der Waals surface area contributed by atoms with Gasteiger partial charge in [-0.3, -0.25) is 9.59 Å². The highest BCUT2D eigenvalue weighted by molar-refractivity contribution is 6.07. The summed E-state index contributed by atoms with van der Waals surface area (Å²) in [6.07, 6.45) is 3.89. The van der Waals surface area contributed by atoms with Crippen LogP contribution in [0.5, 0.6) is 0 Å². The van der Waals surface area contributed by atoms with E-state index in [1.807, 2.05) is 0 Å². The summed E-state index contributed by atoms with van der Waals surface area (Å²) in [7, 11) is 0. The second-order valence-electron chi connectivity index (χ2n) is 6.01. The van der Waals surface area contributed by atoms with Gasteiger partial charge in [0.25, 0.3) is 0 Å². The first kappa shape index (κ1) is 14.0. The predicted molar refractivity (Wildman–Crippen MR) is 75.6 cm³/mol. The summed E-state index contributed by atoms with van der Waals surface area (Å²) in [5, 5.41) is 0. The van der Waals surface area contributed by atoms with Gasteiger partial charge in [-0.25, -0.2) is 4.39 Å². The van der Waals surface area contributed by atoms with E-state index in [2.05, 4.69) is 0 Å². The number of likely N-dealkylation sites (tertiary alicyclic amines) is 1. The van der Waals surface area contributed by atoms with Crippen molar-refractivity contribution in [3.63, 3.8) is 0 Å². The normalized spacial score (nSPS) is 23.7. The van der Waals surface area contributed by atoms with Crippen LogP contribution in [0.3, 0.4) is 0 Å². The molecule has 0 bridgehead atoms. The van der Waals surface area contributed by atoms with Crippen LogP contribution in [-0.4, -0.2) is 23.3 Å². The lowest BCUT2D eigenvalue weighted by molar-refractivity contribution is -0.146. The van der Waals surface area contributed by atoms with Crippen LogP contribution in [0.1, 0.15) is 43.7 Å². The number of amides is 2. The minimum atomic E-state index is -0.977. The number of hydrogen-bond donors (Lipinski definition) is 1. The van der Waals surface area contributed by atoms with Crippen molar-refractivity contribution in [2.24, 2.45) is 11.1 Å². The van der Waals surface area contributed by atoms with E-state index in [0.29, 0.717) is 19.4 Å². The molecular weight excluding hydrogens is 271 g/mol. The predicted octanol–water partition coefficient (Wildman–Crippen LogP) is 2.14. The first-order valence-electron chi connectivity index (χ1n) is 7.41. The van der Waals surface area contributed by atoms with Gasteiger partial charge < -0.3 is 10.6 Å². The van der Waals surface area contributed by atoms with Crippen LogP contribution in [0.15, 0.2) is 24.3 Å². The molecule has 5 heteroatoms. The van der Waals surface area contributed by atoms with Crippen LogP contribution in [-0.2, 0) is 9.59 Å². The van der Waals surface area contributed by atoms with E-state index < -0.39 is 11.3 Å². The molecule has 2 amide bonds. The molecule has 1 saturated heterocycles. The highest BCUT2D eigenvalue weighted by Crippen LogP contribution is 2.49. The molecule has 2 aliphatic rings. The Hall–Kier alpha value is -1.91. The average molecular weight is 290 g/mol. The molecule has 1 aromatic rings. The second-order valence-corrected chi connectivity index (χ2v) is 6.01. The Morgan fingerprint density at radius 1 is 1.19 bits per heavy atom. The molecule has 3 rings (SSSR count). The molecule has 0 spiro atoms. The van der Waals surface area contributed by atoms with Gasteiger partial charge in [0, 0.05) is 6.54 Å². The van der Waals surface area contributed by atoms with E-state index in [1.165, 1.54) is 12.1 Å². The van der Waals surface area contributed by atoms with Crippen molar-refractivity contribution in [2.75, 3.05) is 6.54 Å². The fourth-order valence-corrected chi connectivity index (χ4v) is 3.17. The van der Waals surface area contributed by atoms with Crippen molar-refractivity contribution in [1.82, 2.24) is 4.90 Å². The molecule has 0 unspecified atom stereocenters. The summed E-state index contributed by atoms with van der Waals surface area (Å²) < 4.78 is 13.1. The van der Waals surface area contributed by atoms with Crippen LogP contribution >= 0.6 is 0 Å². The van der Waals surface area contributed by atoms with Crippen molar-refractivity contribution < 1.29 is 14.0 Å². The first-order valence-corrected chi connectivity index (χ1v) is 7.41. The first-order chi connectivity index (χ1) is 10.0. The summed E-state index contributed by atoms with van der Waals surface area (Å²) in [4.78, 5) is 26.1. The molecule has 1 aromatic carbocycles. The van der Waals surface area contributed by atoms with Crippen molar-refractivity contribution >= 4 is 11.8 Å². The van der Waals surface area contributed by atoms with Crippen molar-refractivity contribution in [1.29, 1.82) is 0 Å². The van der Waals surface area contributed by atoms with Crippen LogP contribution in [0.25, 0.3) is 0 Å². The Balaban J connectivity index is 1.86. The molecule has 4 nitrogen and oxygen atoms in total. The molecule has 0 aromatic heterocycles. The molecule has 112 valence electrons. The third-order valence-corrected chi connectivity index (χ3v) is 4.65. The Morgan fingerprint density at radius 2 is 1.86 bits per heavy atom. The molecule has 1 atom stereocenters. The zero-order chi connectivity index (χ0) is 15.0. The van der Waals surface area contributed by atoms with E-state index in [-0.39, 0.29) is 17.8 Å². The van der Waals surface area contributed by atoms with E-state index in [4.69, 9.17) is 5.73 Å². The van der Waals surface area contributed by atoms with Crippen LogP contribution in [0.2, 0.25) is 0 Å². The highest BCUT2D eigenvalue weighted by atomic mass is 19.1. The third kappa shape index (κ3) is 2.41. The van der Waals surface area contributed by atoms with Crippen molar-refractivity contribution in [3.05, 3.63) is 35.6 Å². The van der Waals surface area contributed by atoms with E-state index in [0.717, 1.165) is 24.8 Å². The van der Waals surface area contributed by atoms with Gasteiger partial charge in [-0.05, 0) is 49.8 Å². The molecule has 21 heavy (non-hydrogen) atoms. The topological polar surface area (TPSA) is 63.4 Å². The lowest BCUT2D eigenvalue weighted by atomic mass is 9.92. The molecule has 1 saturated carbocycles. The van der Waals surface area contributed by atoms with Crippen LogP contribution in [0, 0.1) is 11.2 Å². The van der Waals surface area contributed by atoms with Crippen molar-refractivity contribution in [2.45, 2.75) is 38.1 Å². The van der Waals surface area contributed by atoms with Crippen molar-refractivity contribution in [3.8, 4) is 0 Å². The van der Waals surface area contributed by atoms with Crippen LogP contribution < -0.4 is 5.73 Å². The van der Waals surface area contributed by atoms with Gasteiger partial charge in [0.15, 0.2) is 0 Å². The summed E-state index contributed by atoms with van der Waals surface area (Å²) in [6, 6.07) is 6.18. The molecule has 2 N–H and O–H groups in total. The second kappa shape index (κ2) is 5.13. The maximum absolute atomic E-state index is 13.1. The van der Waals surface area contributed by atoms with Gasteiger partial charge in [-0.15, -0.1) is 0 Å². The number of benzene rings is 1. The minimum Gasteiger partial charge on any atom is -0.369 e. The molecule has 2 fully saturated rings. The van der Waals surface area contributed by atoms with Gasteiger partial charge in [0.2, 0.25) is 11.8 Å². The minimum absolute atomic E-state index is 0.0799. The van der Waals surface area contributed by atoms with Gasteiger partial charge in [-0.2, -0.15) is 0 Å². The zero-order valence-corrected chi connectivity index (χ0v) is 11.8. The summed E-state index contributed by atoms with van der Waals surface area (Å²) >= 11 is 0. The fraction of sp³-hybridized carbons (Fsp3) is 0.500. The molecule has 0 radical (unpaired) electrons. The number of carbonyl (C=O) groups is 2. The Bertz CT molecular complexity index is 566.